The van der Waals surface area contributed by atoms with Gasteiger partial charge in [0.2, 0.25) is 0 Å². The molecule has 26 heavy (non-hydrogen) atoms. The number of benzene rings is 1. The summed E-state index contributed by atoms with van der Waals surface area (Å²) < 4.78 is 66.2. The molecule has 5 nitrogen and oxygen atoms in total. The molecule has 0 atom stereocenters. The number of hydrogen-bond donors (Lipinski definition) is 0. The first kappa shape index (κ1) is 22.2. The van der Waals surface area contributed by atoms with Crippen molar-refractivity contribution in [1.29, 1.82) is 0 Å². The van der Waals surface area contributed by atoms with E-state index in [4.69, 9.17) is 9.05 Å². The topological polar surface area (TPSA) is 61.8 Å². The molecule has 0 aromatic heterocycles. The summed E-state index contributed by atoms with van der Waals surface area (Å²) in [6.45, 7) is 3.69. The van der Waals surface area contributed by atoms with Crippen LogP contribution in [0.2, 0.25) is 0 Å². The molecular formula is C17H20F3O5P. The normalized spacial score (nSPS) is 11.6. The summed E-state index contributed by atoms with van der Waals surface area (Å²) in [5.41, 5.74) is -1.36. The van der Waals surface area contributed by atoms with Gasteiger partial charge in [0.25, 0.3) is 0 Å². The molecule has 0 bridgehead atoms. The zero-order chi connectivity index (χ0) is 19.8. The third kappa shape index (κ3) is 6.49. The number of ether oxygens (including phenoxy) is 1. The highest BCUT2D eigenvalue weighted by Crippen LogP contribution is 2.48. The van der Waals surface area contributed by atoms with Gasteiger partial charge in [-0.15, -0.1) is 0 Å². The van der Waals surface area contributed by atoms with Crippen LogP contribution < -0.4 is 0 Å². The molecular weight excluding hydrogens is 372 g/mol. The minimum atomic E-state index is -4.62. The van der Waals surface area contributed by atoms with Crippen LogP contribution in [-0.2, 0) is 24.5 Å². The fraction of sp³-hybridized carbons (Fsp3) is 0.471. The highest BCUT2D eigenvalue weighted by molar-refractivity contribution is 7.53. The van der Waals surface area contributed by atoms with Gasteiger partial charge in [0.05, 0.1) is 37.6 Å². The Morgan fingerprint density at radius 1 is 1.19 bits per heavy atom. The van der Waals surface area contributed by atoms with Crippen LogP contribution in [0.25, 0.3) is 0 Å². The van der Waals surface area contributed by atoms with Crippen LogP contribution in [0.15, 0.2) is 18.2 Å². The van der Waals surface area contributed by atoms with E-state index in [9.17, 15) is 22.5 Å². The zero-order valence-corrected chi connectivity index (χ0v) is 15.6. The minimum absolute atomic E-state index is 0.0109. The lowest BCUT2D eigenvalue weighted by Gasteiger charge is -2.15. The third-order valence-electron chi connectivity index (χ3n) is 3.13. The predicted molar refractivity (Wildman–Crippen MR) is 90.0 cm³/mol. The number of carbonyl (C=O) groups is 1. The van der Waals surface area contributed by atoms with Gasteiger partial charge in [0.15, 0.2) is 0 Å². The van der Waals surface area contributed by atoms with Crippen LogP contribution in [0.1, 0.15) is 41.8 Å². The van der Waals surface area contributed by atoms with Gasteiger partial charge in [-0.05, 0) is 32.0 Å². The van der Waals surface area contributed by atoms with Crippen molar-refractivity contribution in [1.82, 2.24) is 0 Å². The summed E-state index contributed by atoms with van der Waals surface area (Å²) in [5.74, 6) is 4.16. The first-order valence-electron chi connectivity index (χ1n) is 7.83. The first-order chi connectivity index (χ1) is 12.2. The van der Waals surface area contributed by atoms with Crippen molar-refractivity contribution in [3.05, 3.63) is 34.9 Å². The SMILES string of the molecule is CCOP(=O)(CCC#Cc1cc(C(=O)OC)ccc1C(F)(F)F)OCC. The molecule has 1 aromatic carbocycles. The van der Waals surface area contributed by atoms with Crippen molar-refractivity contribution in [3.63, 3.8) is 0 Å². The molecule has 0 aliphatic rings. The van der Waals surface area contributed by atoms with Gasteiger partial charge in [-0.1, -0.05) is 11.8 Å². The number of halogens is 3. The van der Waals surface area contributed by atoms with Crippen molar-refractivity contribution in [2.75, 3.05) is 26.5 Å². The van der Waals surface area contributed by atoms with Gasteiger partial charge in [-0.25, -0.2) is 4.79 Å². The van der Waals surface area contributed by atoms with Crippen molar-refractivity contribution in [3.8, 4) is 11.8 Å². The summed E-state index contributed by atoms with van der Waals surface area (Å²) in [5, 5.41) is 0. The quantitative estimate of drug-likeness (QED) is 0.388. The summed E-state index contributed by atoms with van der Waals surface area (Å²) >= 11 is 0. The van der Waals surface area contributed by atoms with Gasteiger partial charge in [0.1, 0.15) is 0 Å². The van der Waals surface area contributed by atoms with E-state index in [-0.39, 0.29) is 36.9 Å². The van der Waals surface area contributed by atoms with E-state index >= 15 is 0 Å². The molecule has 0 N–H and O–H groups in total. The van der Waals surface area contributed by atoms with E-state index in [2.05, 4.69) is 16.6 Å². The van der Waals surface area contributed by atoms with Crippen LogP contribution in [0, 0.1) is 11.8 Å². The van der Waals surface area contributed by atoms with E-state index in [1.807, 2.05) is 0 Å². The minimum Gasteiger partial charge on any atom is -0.465 e. The molecule has 0 saturated heterocycles. The Bertz CT molecular complexity index is 724. The second kappa shape index (κ2) is 9.77. The number of rotatable bonds is 7. The van der Waals surface area contributed by atoms with Crippen LogP contribution in [0.3, 0.4) is 0 Å². The average molecular weight is 392 g/mol. The summed E-state index contributed by atoms with van der Waals surface area (Å²) in [4.78, 5) is 11.5. The molecule has 0 heterocycles. The molecule has 1 aromatic rings. The van der Waals surface area contributed by atoms with Crippen molar-refractivity contribution in [2.24, 2.45) is 0 Å². The molecule has 1 rings (SSSR count). The summed E-state index contributed by atoms with van der Waals surface area (Å²) in [6.07, 6.45) is -4.65. The van der Waals surface area contributed by atoms with Crippen molar-refractivity contribution < 1.29 is 36.3 Å². The van der Waals surface area contributed by atoms with Gasteiger partial charge in [-0.3, -0.25) is 4.57 Å². The van der Waals surface area contributed by atoms with E-state index in [0.717, 1.165) is 25.3 Å². The molecule has 144 valence electrons. The van der Waals surface area contributed by atoms with Gasteiger partial charge in [-0.2, -0.15) is 13.2 Å². The Hall–Kier alpha value is -1.81. The molecule has 0 aliphatic heterocycles. The van der Waals surface area contributed by atoms with Gasteiger partial charge in [0, 0.05) is 12.0 Å². The Morgan fingerprint density at radius 2 is 1.81 bits per heavy atom. The molecule has 0 unspecified atom stereocenters. The maximum atomic E-state index is 13.1. The number of alkyl halides is 3. The third-order valence-corrected chi connectivity index (χ3v) is 5.21. The Labute approximate surface area is 150 Å². The summed E-state index contributed by atoms with van der Waals surface area (Å²) in [6, 6.07) is 2.83. The highest BCUT2D eigenvalue weighted by Gasteiger charge is 2.33. The lowest BCUT2D eigenvalue weighted by Crippen LogP contribution is -2.10. The molecule has 0 spiro atoms. The Kier molecular flexibility index (Phi) is 8.35. The summed E-state index contributed by atoms with van der Waals surface area (Å²) in [7, 11) is -2.18. The lowest BCUT2D eigenvalue weighted by atomic mass is 10.0. The fourth-order valence-corrected chi connectivity index (χ4v) is 3.56. The zero-order valence-electron chi connectivity index (χ0n) is 14.7. The van der Waals surface area contributed by atoms with E-state index in [0.29, 0.717) is 0 Å². The van der Waals surface area contributed by atoms with Gasteiger partial charge < -0.3 is 13.8 Å². The Balaban J connectivity index is 3.06. The van der Waals surface area contributed by atoms with Gasteiger partial charge >= 0.3 is 19.7 Å². The van der Waals surface area contributed by atoms with Crippen LogP contribution in [0.5, 0.6) is 0 Å². The van der Waals surface area contributed by atoms with E-state index < -0.39 is 25.3 Å². The fourth-order valence-electron chi connectivity index (χ4n) is 2.05. The first-order valence-corrected chi connectivity index (χ1v) is 9.56. The van der Waals surface area contributed by atoms with Crippen LogP contribution in [0.4, 0.5) is 13.2 Å². The standard InChI is InChI=1S/C17H20F3O5P/c1-4-24-26(22,25-5-2)11-7-6-8-13-12-14(16(21)23-3)9-10-15(13)17(18,19)20/h9-10,12H,4-5,7,11H2,1-3H3. The molecule has 0 saturated carbocycles. The monoisotopic (exact) mass is 392 g/mol. The molecule has 0 amide bonds. The molecule has 0 aliphatic carbocycles. The van der Waals surface area contributed by atoms with Crippen molar-refractivity contribution >= 4 is 13.6 Å². The number of esters is 1. The predicted octanol–water partition coefficient (Wildman–Crippen LogP) is 4.50. The number of carbonyl (C=O) groups excluding carboxylic acids is 1. The second-order valence-electron chi connectivity index (χ2n) is 4.97. The molecule has 0 radical (unpaired) electrons. The van der Waals surface area contributed by atoms with E-state index in [1.54, 1.807) is 13.8 Å². The van der Waals surface area contributed by atoms with Crippen LogP contribution in [-0.4, -0.2) is 32.5 Å². The van der Waals surface area contributed by atoms with E-state index in [1.165, 1.54) is 0 Å². The van der Waals surface area contributed by atoms with Crippen LogP contribution >= 0.6 is 7.60 Å². The average Bonchev–Trinajstić information content (AvgIpc) is 2.57. The highest BCUT2D eigenvalue weighted by atomic mass is 31.2. The van der Waals surface area contributed by atoms with Crippen molar-refractivity contribution in [2.45, 2.75) is 26.4 Å². The number of hydrogen-bond acceptors (Lipinski definition) is 5. The second-order valence-corrected chi connectivity index (χ2v) is 7.16. The Morgan fingerprint density at radius 3 is 2.31 bits per heavy atom. The molecule has 0 fully saturated rings. The lowest BCUT2D eigenvalue weighted by molar-refractivity contribution is -0.137. The maximum absolute atomic E-state index is 13.1. The number of methoxy groups -OCH3 is 1. The largest absolute Gasteiger partial charge is 0.465 e. The molecule has 9 heteroatoms. The maximum Gasteiger partial charge on any atom is 0.417 e. The smallest absolute Gasteiger partial charge is 0.417 e.